The van der Waals surface area contributed by atoms with E-state index in [1.165, 1.54) is 19.1 Å². The summed E-state index contributed by atoms with van der Waals surface area (Å²) in [6, 6.07) is 3.03. The number of nitrogens with one attached hydrogen (secondary N) is 1. The highest BCUT2D eigenvalue weighted by atomic mass is 16.7. The van der Waals surface area contributed by atoms with Crippen molar-refractivity contribution in [3.8, 4) is 11.5 Å². The second-order valence-electron chi connectivity index (χ2n) is 7.62. The average Bonchev–Trinajstić information content (AvgIpc) is 3.41. The SMILES string of the molecule is CC(=O)c1cc2c(cc1NC(=O)CN1C(=O)[C@@H]3[C@H](C1=O)[C@@H]1C=C[C@H]3C1)OCO2. The second kappa shape index (κ2) is 5.92. The number of carbonyl (C=O) groups excluding carboxylic acids is 4. The van der Waals surface area contributed by atoms with Gasteiger partial charge in [-0.1, -0.05) is 12.2 Å². The molecule has 28 heavy (non-hydrogen) atoms. The van der Waals surface area contributed by atoms with Gasteiger partial charge < -0.3 is 14.8 Å². The molecular weight excluding hydrogens is 364 g/mol. The Morgan fingerprint density at radius 3 is 2.29 bits per heavy atom. The van der Waals surface area contributed by atoms with Gasteiger partial charge in [-0.3, -0.25) is 24.1 Å². The van der Waals surface area contributed by atoms with Crippen LogP contribution in [0.2, 0.25) is 0 Å². The maximum absolute atomic E-state index is 12.7. The van der Waals surface area contributed by atoms with Gasteiger partial charge in [-0.2, -0.15) is 0 Å². The largest absolute Gasteiger partial charge is 0.454 e. The summed E-state index contributed by atoms with van der Waals surface area (Å²) in [6.07, 6.45) is 4.85. The molecule has 1 aromatic carbocycles. The van der Waals surface area contributed by atoms with E-state index < -0.39 is 5.91 Å². The molecular formula is C20H18N2O6. The highest BCUT2D eigenvalue weighted by Crippen LogP contribution is 2.52. The van der Waals surface area contributed by atoms with Crippen molar-refractivity contribution >= 4 is 29.2 Å². The Hall–Kier alpha value is -3.16. The molecule has 2 heterocycles. The molecule has 0 radical (unpaired) electrons. The minimum atomic E-state index is -0.539. The van der Waals surface area contributed by atoms with Gasteiger partial charge in [0.15, 0.2) is 17.3 Å². The molecule has 1 saturated heterocycles. The molecule has 2 bridgehead atoms. The molecule has 0 aromatic heterocycles. The van der Waals surface area contributed by atoms with Crippen LogP contribution in [0.15, 0.2) is 24.3 Å². The number of Topliss-reactive ketones (excluding diaryl/α,β-unsaturated/α-hetero) is 1. The van der Waals surface area contributed by atoms with Crippen molar-refractivity contribution in [1.82, 2.24) is 4.90 Å². The van der Waals surface area contributed by atoms with E-state index in [1.54, 1.807) is 0 Å². The molecule has 1 aromatic rings. The lowest BCUT2D eigenvalue weighted by molar-refractivity contribution is -0.143. The van der Waals surface area contributed by atoms with Crippen LogP contribution in [0.25, 0.3) is 0 Å². The van der Waals surface area contributed by atoms with Crippen LogP contribution in [-0.4, -0.2) is 41.7 Å². The van der Waals surface area contributed by atoms with Crippen LogP contribution in [0.3, 0.4) is 0 Å². The number of carbonyl (C=O) groups is 4. The van der Waals surface area contributed by atoms with E-state index in [-0.39, 0.29) is 65.9 Å². The molecule has 1 saturated carbocycles. The van der Waals surface area contributed by atoms with Crippen molar-refractivity contribution in [3.63, 3.8) is 0 Å². The highest BCUT2D eigenvalue weighted by Gasteiger charge is 2.59. The lowest BCUT2D eigenvalue weighted by atomic mass is 9.85. The molecule has 8 heteroatoms. The number of anilines is 1. The van der Waals surface area contributed by atoms with Crippen LogP contribution >= 0.6 is 0 Å². The van der Waals surface area contributed by atoms with E-state index in [0.717, 1.165) is 11.3 Å². The van der Waals surface area contributed by atoms with Crippen LogP contribution in [0, 0.1) is 23.7 Å². The number of nitrogens with zero attached hydrogens (tertiary/aromatic N) is 1. The first-order chi connectivity index (χ1) is 13.4. The number of ether oxygens (including phenoxy) is 2. The van der Waals surface area contributed by atoms with Crippen LogP contribution in [-0.2, 0) is 14.4 Å². The van der Waals surface area contributed by atoms with E-state index >= 15 is 0 Å². The average molecular weight is 382 g/mol. The summed E-state index contributed by atoms with van der Waals surface area (Å²) in [5.41, 5.74) is 0.540. The zero-order chi connectivity index (χ0) is 19.6. The number of imide groups is 1. The molecule has 2 aliphatic carbocycles. The summed E-state index contributed by atoms with van der Waals surface area (Å²) in [7, 11) is 0. The third kappa shape index (κ3) is 2.37. The molecule has 2 aliphatic heterocycles. The first kappa shape index (κ1) is 17.0. The van der Waals surface area contributed by atoms with Crippen LogP contribution in [0.1, 0.15) is 23.7 Å². The van der Waals surface area contributed by atoms with Gasteiger partial charge in [0.2, 0.25) is 24.5 Å². The summed E-state index contributed by atoms with van der Waals surface area (Å²) in [5.74, 6) is -0.978. The zero-order valence-corrected chi connectivity index (χ0v) is 15.1. The van der Waals surface area contributed by atoms with Gasteiger partial charge in [0, 0.05) is 11.6 Å². The highest BCUT2D eigenvalue weighted by molar-refractivity contribution is 6.10. The molecule has 2 fully saturated rings. The molecule has 8 nitrogen and oxygen atoms in total. The van der Waals surface area contributed by atoms with Crippen molar-refractivity contribution in [1.29, 1.82) is 0 Å². The molecule has 1 N–H and O–H groups in total. The quantitative estimate of drug-likeness (QED) is 0.479. The van der Waals surface area contributed by atoms with Crippen molar-refractivity contribution < 1.29 is 28.7 Å². The normalized spacial score (nSPS) is 28.8. The number of allylic oxidation sites excluding steroid dienone is 2. The predicted molar refractivity (Wildman–Crippen MR) is 95.6 cm³/mol. The van der Waals surface area contributed by atoms with E-state index in [9.17, 15) is 19.2 Å². The first-order valence-corrected chi connectivity index (χ1v) is 9.22. The van der Waals surface area contributed by atoms with E-state index in [1.807, 2.05) is 12.2 Å². The fraction of sp³-hybridized carbons (Fsp3) is 0.400. The third-order valence-corrected chi connectivity index (χ3v) is 6.03. The summed E-state index contributed by atoms with van der Waals surface area (Å²) in [6.45, 7) is 1.06. The lowest BCUT2D eigenvalue weighted by Crippen LogP contribution is -2.39. The molecule has 4 atom stereocenters. The first-order valence-electron chi connectivity index (χ1n) is 9.22. The number of hydrogen-bond donors (Lipinski definition) is 1. The maximum atomic E-state index is 12.7. The minimum absolute atomic E-state index is 0.0417. The Bertz CT molecular complexity index is 938. The van der Waals surface area contributed by atoms with Crippen molar-refractivity contribution in [3.05, 3.63) is 29.8 Å². The zero-order valence-electron chi connectivity index (χ0n) is 15.1. The molecule has 5 rings (SSSR count). The fourth-order valence-corrected chi connectivity index (χ4v) is 4.79. The van der Waals surface area contributed by atoms with Crippen molar-refractivity contribution in [2.75, 3.05) is 18.7 Å². The molecule has 0 spiro atoms. The molecule has 144 valence electrons. The smallest absolute Gasteiger partial charge is 0.244 e. The lowest BCUT2D eigenvalue weighted by Gasteiger charge is -2.17. The molecule has 4 aliphatic rings. The van der Waals surface area contributed by atoms with E-state index in [4.69, 9.17) is 9.47 Å². The topological polar surface area (TPSA) is 102 Å². The summed E-state index contributed by atoms with van der Waals surface area (Å²) < 4.78 is 10.6. The predicted octanol–water partition coefficient (Wildman–Crippen LogP) is 1.36. The Balaban J connectivity index is 1.34. The standard InChI is InChI=1S/C20H18N2O6/c1-9(23)12-5-14-15(28-8-27-14)6-13(12)21-16(24)7-22-19(25)17-10-2-3-11(4-10)18(17)20(22)26/h2-3,5-6,10-11,17-18H,4,7-8H2,1H3,(H,21,24)/t10-,11+,17-,18+. The Labute approximate surface area is 160 Å². The van der Waals surface area contributed by atoms with E-state index in [2.05, 4.69) is 5.32 Å². The van der Waals surface area contributed by atoms with Gasteiger partial charge in [0.05, 0.1) is 17.5 Å². The second-order valence-corrected chi connectivity index (χ2v) is 7.62. The van der Waals surface area contributed by atoms with E-state index in [0.29, 0.717) is 11.5 Å². The van der Waals surface area contributed by atoms with Gasteiger partial charge in [-0.05, 0) is 31.2 Å². The van der Waals surface area contributed by atoms with Gasteiger partial charge >= 0.3 is 0 Å². The van der Waals surface area contributed by atoms with Crippen LogP contribution < -0.4 is 14.8 Å². The van der Waals surface area contributed by atoms with Gasteiger partial charge in [0.25, 0.3) is 0 Å². The number of likely N-dealkylation sites (tertiary alicyclic amines) is 1. The minimum Gasteiger partial charge on any atom is -0.454 e. The van der Waals surface area contributed by atoms with Gasteiger partial charge in [-0.25, -0.2) is 0 Å². The van der Waals surface area contributed by atoms with Crippen molar-refractivity contribution in [2.45, 2.75) is 13.3 Å². The monoisotopic (exact) mass is 382 g/mol. The summed E-state index contributed by atoms with van der Waals surface area (Å²) in [4.78, 5) is 51.0. The molecule has 0 unspecified atom stereocenters. The number of rotatable bonds is 4. The number of ketones is 1. The maximum Gasteiger partial charge on any atom is 0.244 e. The summed E-state index contributed by atoms with van der Waals surface area (Å²) in [5, 5.41) is 2.64. The number of fused-ring (bicyclic) bond motifs is 6. The van der Waals surface area contributed by atoms with Gasteiger partial charge in [0.1, 0.15) is 6.54 Å². The number of hydrogen-bond acceptors (Lipinski definition) is 6. The number of benzene rings is 1. The summed E-state index contributed by atoms with van der Waals surface area (Å²) >= 11 is 0. The van der Waals surface area contributed by atoms with Crippen LogP contribution in [0.4, 0.5) is 5.69 Å². The number of amides is 3. The van der Waals surface area contributed by atoms with Gasteiger partial charge in [-0.15, -0.1) is 0 Å². The Morgan fingerprint density at radius 1 is 1.07 bits per heavy atom. The van der Waals surface area contributed by atoms with Crippen molar-refractivity contribution in [2.24, 2.45) is 23.7 Å². The Morgan fingerprint density at radius 2 is 1.68 bits per heavy atom. The fourth-order valence-electron chi connectivity index (χ4n) is 4.79. The third-order valence-electron chi connectivity index (χ3n) is 6.03. The molecule has 3 amide bonds. The van der Waals surface area contributed by atoms with Crippen LogP contribution in [0.5, 0.6) is 11.5 Å². The Kier molecular flexibility index (Phi) is 3.59.